The second kappa shape index (κ2) is 8.10. The highest BCUT2D eigenvalue weighted by Crippen LogP contribution is 2.24. The lowest BCUT2D eigenvalue weighted by Gasteiger charge is -2.10. The molecule has 3 rings (SSSR count). The average molecular weight is 338 g/mol. The van der Waals surface area contributed by atoms with Crippen molar-refractivity contribution < 1.29 is 8.81 Å². The number of furan rings is 1. The average Bonchev–Trinajstić information content (AvgIpc) is 3.05. The minimum Gasteiger partial charge on any atom is -0.460 e. The number of benzene rings is 2. The van der Waals surface area contributed by atoms with Crippen molar-refractivity contribution in [2.75, 3.05) is 14.1 Å². The molecule has 2 aromatic carbocycles. The minimum atomic E-state index is -0.269. The van der Waals surface area contributed by atoms with Crippen molar-refractivity contribution in [2.24, 2.45) is 0 Å². The van der Waals surface area contributed by atoms with Gasteiger partial charge in [0.1, 0.15) is 17.3 Å². The molecule has 1 heterocycles. The smallest absolute Gasteiger partial charge is 0.137 e. The van der Waals surface area contributed by atoms with Gasteiger partial charge in [0.2, 0.25) is 0 Å². The van der Waals surface area contributed by atoms with Gasteiger partial charge in [-0.15, -0.1) is 0 Å². The molecule has 0 saturated carbocycles. The highest BCUT2D eigenvalue weighted by Gasteiger charge is 2.08. The lowest BCUT2D eigenvalue weighted by molar-refractivity contribution is 0.402. The molecule has 0 amide bonds. The van der Waals surface area contributed by atoms with Gasteiger partial charge >= 0.3 is 0 Å². The fraction of sp³-hybridized carbons (Fsp3) is 0.238. The quantitative estimate of drug-likeness (QED) is 0.690. The molecule has 0 radical (unpaired) electrons. The molecule has 3 nitrogen and oxygen atoms in total. The van der Waals surface area contributed by atoms with E-state index in [1.54, 1.807) is 18.2 Å². The summed E-state index contributed by atoms with van der Waals surface area (Å²) in [7, 11) is 4.13. The summed E-state index contributed by atoms with van der Waals surface area (Å²) < 4.78 is 19.5. The van der Waals surface area contributed by atoms with E-state index in [-0.39, 0.29) is 5.82 Å². The Morgan fingerprint density at radius 3 is 2.32 bits per heavy atom. The first kappa shape index (κ1) is 17.4. The van der Waals surface area contributed by atoms with Crippen LogP contribution in [0, 0.1) is 5.82 Å². The van der Waals surface area contributed by atoms with Crippen LogP contribution in [-0.2, 0) is 19.6 Å². The van der Waals surface area contributed by atoms with E-state index in [4.69, 9.17) is 4.42 Å². The van der Waals surface area contributed by atoms with E-state index in [1.807, 2.05) is 12.1 Å². The van der Waals surface area contributed by atoms with Crippen LogP contribution in [0.1, 0.15) is 16.9 Å². The van der Waals surface area contributed by atoms with Crippen LogP contribution < -0.4 is 5.32 Å². The predicted molar refractivity (Wildman–Crippen MR) is 98.5 cm³/mol. The summed E-state index contributed by atoms with van der Waals surface area (Å²) in [5, 5.41) is 3.36. The first-order chi connectivity index (χ1) is 12.1. The number of rotatable bonds is 7. The van der Waals surface area contributed by atoms with Crippen molar-refractivity contribution in [3.05, 3.63) is 83.4 Å². The zero-order chi connectivity index (χ0) is 17.6. The molecule has 25 heavy (non-hydrogen) atoms. The van der Waals surface area contributed by atoms with Gasteiger partial charge in [-0.2, -0.15) is 0 Å². The van der Waals surface area contributed by atoms with Crippen molar-refractivity contribution in [1.82, 2.24) is 10.2 Å². The third kappa shape index (κ3) is 4.78. The maximum absolute atomic E-state index is 13.8. The summed E-state index contributed by atoms with van der Waals surface area (Å²) in [6.45, 7) is 2.31. The zero-order valence-corrected chi connectivity index (χ0v) is 14.6. The Labute approximate surface area is 148 Å². The molecule has 0 fully saturated rings. The number of halogens is 1. The highest BCUT2D eigenvalue weighted by atomic mass is 19.1. The van der Waals surface area contributed by atoms with Crippen LogP contribution in [0.15, 0.2) is 65.1 Å². The molecule has 0 aliphatic carbocycles. The van der Waals surface area contributed by atoms with Gasteiger partial charge in [-0.1, -0.05) is 36.4 Å². The van der Waals surface area contributed by atoms with Gasteiger partial charge in [0.15, 0.2) is 0 Å². The van der Waals surface area contributed by atoms with Gasteiger partial charge < -0.3 is 14.6 Å². The molecule has 1 aromatic heterocycles. The molecular weight excluding hydrogens is 315 g/mol. The largest absolute Gasteiger partial charge is 0.460 e. The fourth-order valence-corrected chi connectivity index (χ4v) is 2.74. The van der Waals surface area contributed by atoms with Crippen LogP contribution in [0.4, 0.5) is 4.39 Å². The lowest BCUT2D eigenvalue weighted by atomic mass is 10.1. The number of hydrogen-bond donors (Lipinski definition) is 1. The van der Waals surface area contributed by atoms with E-state index in [9.17, 15) is 4.39 Å². The van der Waals surface area contributed by atoms with Crippen LogP contribution in [0.2, 0.25) is 0 Å². The van der Waals surface area contributed by atoms with E-state index < -0.39 is 0 Å². The maximum atomic E-state index is 13.8. The molecule has 0 aliphatic heterocycles. The van der Waals surface area contributed by atoms with Crippen LogP contribution in [0.5, 0.6) is 0 Å². The normalized spacial score (nSPS) is 11.2. The van der Waals surface area contributed by atoms with Crippen molar-refractivity contribution in [2.45, 2.75) is 19.6 Å². The molecule has 3 aromatic rings. The van der Waals surface area contributed by atoms with Gasteiger partial charge in [-0.05, 0) is 49.5 Å². The van der Waals surface area contributed by atoms with Crippen LogP contribution in [-0.4, -0.2) is 19.0 Å². The molecule has 0 atom stereocenters. The molecule has 1 N–H and O–H groups in total. The summed E-state index contributed by atoms with van der Waals surface area (Å²) in [5.41, 5.74) is 3.02. The van der Waals surface area contributed by atoms with Crippen LogP contribution >= 0.6 is 0 Å². The number of hydrogen-bond acceptors (Lipinski definition) is 3. The molecule has 0 spiro atoms. The van der Waals surface area contributed by atoms with E-state index in [0.717, 1.165) is 18.8 Å². The predicted octanol–water partition coefficient (Wildman–Crippen LogP) is 4.44. The molecular formula is C21H23FN2O. The van der Waals surface area contributed by atoms with E-state index >= 15 is 0 Å². The second-order valence-corrected chi connectivity index (χ2v) is 6.40. The topological polar surface area (TPSA) is 28.4 Å². The standard InChI is InChI=1S/C21H23FN2O/c1-24(2)15-17-9-7-16(8-10-17)13-23-14-18-11-12-21(25-18)19-5-3-4-6-20(19)22/h3-12,23H,13-15H2,1-2H3. The first-order valence-electron chi connectivity index (χ1n) is 8.39. The van der Waals surface area contributed by atoms with Gasteiger partial charge in [-0.25, -0.2) is 4.39 Å². The minimum absolute atomic E-state index is 0.269. The van der Waals surface area contributed by atoms with Gasteiger partial charge in [0.05, 0.1) is 12.1 Å². The molecule has 4 heteroatoms. The molecule has 0 saturated heterocycles. The monoisotopic (exact) mass is 338 g/mol. The number of nitrogens with zero attached hydrogens (tertiary/aromatic N) is 1. The Balaban J connectivity index is 1.54. The molecule has 0 unspecified atom stereocenters. The summed E-state index contributed by atoms with van der Waals surface area (Å²) in [6, 6.07) is 18.9. The fourth-order valence-electron chi connectivity index (χ4n) is 2.74. The van der Waals surface area contributed by atoms with Gasteiger partial charge in [0.25, 0.3) is 0 Å². The van der Waals surface area contributed by atoms with E-state index in [1.165, 1.54) is 17.2 Å². The van der Waals surface area contributed by atoms with Gasteiger partial charge in [-0.3, -0.25) is 0 Å². The highest BCUT2D eigenvalue weighted by molar-refractivity contribution is 5.58. The Morgan fingerprint density at radius 2 is 1.60 bits per heavy atom. The Kier molecular flexibility index (Phi) is 5.64. The number of nitrogens with one attached hydrogen (secondary N) is 1. The van der Waals surface area contributed by atoms with Crippen molar-refractivity contribution in [3.8, 4) is 11.3 Å². The molecule has 0 bridgehead atoms. The summed E-state index contributed by atoms with van der Waals surface area (Å²) >= 11 is 0. The van der Waals surface area contributed by atoms with E-state index in [0.29, 0.717) is 17.9 Å². The first-order valence-corrected chi connectivity index (χ1v) is 8.39. The summed E-state index contributed by atoms with van der Waals surface area (Å²) in [6.07, 6.45) is 0. The third-order valence-corrected chi connectivity index (χ3v) is 3.95. The SMILES string of the molecule is CN(C)Cc1ccc(CNCc2ccc(-c3ccccc3F)o2)cc1. The van der Waals surface area contributed by atoms with Crippen LogP contribution in [0.3, 0.4) is 0 Å². The van der Waals surface area contributed by atoms with Gasteiger partial charge in [0, 0.05) is 13.1 Å². The zero-order valence-electron chi connectivity index (χ0n) is 14.6. The molecule has 0 aliphatic rings. The Morgan fingerprint density at radius 1 is 0.880 bits per heavy atom. The molecule has 130 valence electrons. The Bertz CT molecular complexity index is 809. The second-order valence-electron chi connectivity index (χ2n) is 6.40. The third-order valence-electron chi connectivity index (χ3n) is 3.95. The lowest BCUT2D eigenvalue weighted by Crippen LogP contribution is -2.13. The van der Waals surface area contributed by atoms with Crippen molar-refractivity contribution in [1.29, 1.82) is 0 Å². The Hall–Kier alpha value is -2.43. The van der Waals surface area contributed by atoms with Crippen molar-refractivity contribution in [3.63, 3.8) is 0 Å². The van der Waals surface area contributed by atoms with E-state index in [2.05, 4.69) is 48.6 Å². The summed E-state index contributed by atoms with van der Waals surface area (Å²) in [4.78, 5) is 2.15. The summed E-state index contributed by atoms with van der Waals surface area (Å²) in [5.74, 6) is 1.08. The van der Waals surface area contributed by atoms with Crippen molar-refractivity contribution >= 4 is 0 Å². The van der Waals surface area contributed by atoms with Crippen LogP contribution in [0.25, 0.3) is 11.3 Å². The maximum Gasteiger partial charge on any atom is 0.137 e.